The summed E-state index contributed by atoms with van der Waals surface area (Å²) in [7, 11) is 0. The summed E-state index contributed by atoms with van der Waals surface area (Å²) in [6, 6.07) is -0.997. The van der Waals surface area contributed by atoms with Crippen molar-refractivity contribution in [2.24, 2.45) is 0 Å². The number of alkyl halides is 3. The lowest BCUT2D eigenvalue weighted by Crippen LogP contribution is -2.43. The van der Waals surface area contributed by atoms with Crippen molar-refractivity contribution in [1.29, 1.82) is 0 Å². The van der Waals surface area contributed by atoms with Gasteiger partial charge in [0.05, 0.1) is 6.42 Å². The fourth-order valence-corrected chi connectivity index (χ4v) is 1.73. The van der Waals surface area contributed by atoms with Gasteiger partial charge in [-0.2, -0.15) is 13.2 Å². The second-order valence-corrected chi connectivity index (χ2v) is 4.18. The van der Waals surface area contributed by atoms with Gasteiger partial charge in [0.2, 0.25) is 11.8 Å². The number of likely N-dealkylation sites (tertiary alicyclic amines) is 1. The average Bonchev–Trinajstić information content (AvgIpc) is 2.57. The number of carboxylic acid groups (broad SMARTS) is 1. The maximum atomic E-state index is 12.1. The molecular formula is C10H13F3N2O4. The maximum Gasteiger partial charge on any atom is 0.406 e. The first-order valence-electron chi connectivity index (χ1n) is 5.56. The summed E-state index contributed by atoms with van der Waals surface area (Å²) in [5, 5.41) is 10.6. The van der Waals surface area contributed by atoms with E-state index in [0.29, 0.717) is 4.90 Å². The number of carboxylic acids is 1. The number of carbonyl (C=O) groups is 3. The second-order valence-electron chi connectivity index (χ2n) is 4.18. The van der Waals surface area contributed by atoms with E-state index in [-0.39, 0.29) is 25.8 Å². The Bertz CT molecular complexity index is 383. The third-order valence-electron chi connectivity index (χ3n) is 2.57. The van der Waals surface area contributed by atoms with Crippen molar-refractivity contribution < 1.29 is 32.7 Å². The van der Waals surface area contributed by atoms with Gasteiger partial charge in [0.25, 0.3) is 0 Å². The molecule has 0 radical (unpaired) electrons. The highest BCUT2D eigenvalue weighted by Gasteiger charge is 2.39. The van der Waals surface area contributed by atoms with Gasteiger partial charge in [-0.3, -0.25) is 14.4 Å². The van der Waals surface area contributed by atoms with Crippen molar-refractivity contribution >= 4 is 17.8 Å². The summed E-state index contributed by atoms with van der Waals surface area (Å²) in [6.45, 7) is -1.42. The largest absolute Gasteiger partial charge is 0.481 e. The fraction of sp³-hybridized carbons (Fsp3) is 0.700. The predicted molar refractivity (Wildman–Crippen MR) is 56.1 cm³/mol. The number of nitrogens with one attached hydrogen (secondary N) is 1. The molecule has 9 heteroatoms. The van der Waals surface area contributed by atoms with Crippen LogP contribution < -0.4 is 5.32 Å². The van der Waals surface area contributed by atoms with Crippen molar-refractivity contribution in [3.05, 3.63) is 0 Å². The van der Waals surface area contributed by atoms with Crippen molar-refractivity contribution in [3.8, 4) is 0 Å². The van der Waals surface area contributed by atoms with E-state index >= 15 is 0 Å². The third kappa shape index (κ3) is 5.14. The number of amides is 2. The number of rotatable bonds is 5. The number of carbonyl (C=O) groups excluding carboxylic acids is 2. The minimum atomic E-state index is -4.47. The number of hydrogen-bond donors (Lipinski definition) is 2. The Morgan fingerprint density at radius 3 is 2.53 bits per heavy atom. The molecule has 2 N–H and O–H groups in total. The summed E-state index contributed by atoms with van der Waals surface area (Å²) in [5.74, 6) is -2.61. The highest BCUT2D eigenvalue weighted by Crippen LogP contribution is 2.20. The molecule has 1 atom stereocenters. The zero-order valence-corrected chi connectivity index (χ0v) is 9.87. The van der Waals surface area contributed by atoms with Crippen LogP contribution in [-0.4, -0.2) is 53.1 Å². The summed E-state index contributed by atoms with van der Waals surface area (Å²) in [6.07, 6.45) is -5.08. The lowest BCUT2D eigenvalue weighted by atomic mass is 10.2. The van der Waals surface area contributed by atoms with Crippen LogP contribution in [0.3, 0.4) is 0 Å². The van der Waals surface area contributed by atoms with Crippen molar-refractivity contribution in [2.45, 2.75) is 31.5 Å². The molecular weight excluding hydrogens is 269 g/mol. The zero-order chi connectivity index (χ0) is 14.6. The quantitative estimate of drug-likeness (QED) is 0.750. The minimum absolute atomic E-state index is 0.0811. The molecule has 19 heavy (non-hydrogen) atoms. The average molecular weight is 282 g/mol. The van der Waals surface area contributed by atoms with Gasteiger partial charge in [0.1, 0.15) is 12.6 Å². The highest BCUT2D eigenvalue weighted by atomic mass is 19.4. The highest BCUT2D eigenvalue weighted by molar-refractivity contribution is 5.90. The monoisotopic (exact) mass is 282 g/mol. The fourth-order valence-electron chi connectivity index (χ4n) is 1.73. The maximum absolute atomic E-state index is 12.1. The van der Waals surface area contributed by atoms with Crippen LogP contribution in [0.5, 0.6) is 0 Å². The molecule has 1 unspecified atom stereocenters. The Balaban J connectivity index is 2.43. The van der Waals surface area contributed by atoms with Gasteiger partial charge in [-0.15, -0.1) is 0 Å². The number of nitrogens with zero attached hydrogens (tertiary/aromatic N) is 1. The van der Waals surface area contributed by atoms with E-state index in [9.17, 15) is 27.6 Å². The second kappa shape index (κ2) is 5.89. The molecule has 2 amide bonds. The topological polar surface area (TPSA) is 86.7 Å². The first kappa shape index (κ1) is 15.3. The van der Waals surface area contributed by atoms with Crippen LogP contribution in [0.15, 0.2) is 0 Å². The van der Waals surface area contributed by atoms with Crippen molar-refractivity contribution in [2.75, 3.05) is 13.1 Å². The van der Waals surface area contributed by atoms with Gasteiger partial charge in [-0.1, -0.05) is 0 Å². The minimum Gasteiger partial charge on any atom is -0.481 e. The van der Waals surface area contributed by atoms with E-state index in [1.807, 2.05) is 0 Å². The molecule has 0 bridgehead atoms. The lowest BCUT2D eigenvalue weighted by Gasteiger charge is -2.18. The molecule has 0 aromatic heterocycles. The normalized spacial score (nSPS) is 19.6. The molecule has 0 aromatic rings. The van der Waals surface area contributed by atoms with Crippen LogP contribution in [-0.2, 0) is 14.4 Å². The van der Waals surface area contributed by atoms with Crippen LogP contribution >= 0.6 is 0 Å². The molecule has 1 fully saturated rings. The number of aliphatic carboxylic acids is 1. The van der Waals surface area contributed by atoms with Crippen molar-refractivity contribution in [1.82, 2.24) is 10.2 Å². The molecule has 1 rings (SSSR count). The Hall–Kier alpha value is -1.80. The van der Waals surface area contributed by atoms with Crippen LogP contribution in [0.4, 0.5) is 13.2 Å². The lowest BCUT2D eigenvalue weighted by molar-refractivity contribution is -0.158. The van der Waals surface area contributed by atoms with E-state index < -0.39 is 36.5 Å². The molecule has 108 valence electrons. The molecule has 6 nitrogen and oxygen atoms in total. The Kier molecular flexibility index (Phi) is 4.73. The smallest absolute Gasteiger partial charge is 0.406 e. The van der Waals surface area contributed by atoms with Gasteiger partial charge in [0, 0.05) is 13.0 Å². The van der Waals surface area contributed by atoms with Gasteiger partial charge in [0.15, 0.2) is 0 Å². The zero-order valence-electron chi connectivity index (χ0n) is 9.87. The molecule has 0 aliphatic carbocycles. The summed E-state index contributed by atoms with van der Waals surface area (Å²) in [4.78, 5) is 33.7. The van der Waals surface area contributed by atoms with Gasteiger partial charge >= 0.3 is 12.1 Å². The van der Waals surface area contributed by atoms with Gasteiger partial charge < -0.3 is 15.3 Å². The molecule has 1 saturated heterocycles. The van der Waals surface area contributed by atoms with E-state index in [1.54, 1.807) is 0 Å². The molecule has 1 aliphatic heterocycles. The standard InChI is InChI=1S/C10H13F3N2O4/c11-10(12,13)5-15-4-3-6(9(15)19)14-7(16)1-2-8(17)18/h6H,1-5H2,(H,14,16)(H,17,18). The van der Waals surface area contributed by atoms with Gasteiger partial charge in [-0.25, -0.2) is 0 Å². The summed E-state index contributed by atoms with van der Waals surface area (Å²) < 4.78 is 36.4. The summed E-state index contributed by atoms with van der Waals surface area (Å²) in [5.41, 5.74) is 0. The van der Waals surface area contributed by atoms with Crippen LogP contribution in [0.2, 0.25) is 0 Å². The van der Waals surface area contributed by atoms with Gasteiger partial charge in [-0.05, 0) is 6.42 Å². The molecule has 0 saturated carbocycles. The number of hydrogen-bond acceptors (Lipinski definition) is 3. The molecule has 1 heterocycles. The number of halogens is 3. The Morgan fingerprint density at radius 1 is 1.37 bits per heavy atom. The van der Waals surface area contributed by atoms with Crippen LogP contribution in [0.1, 0.15) is 19.3 Å². The molecule has 0 spiro atoms. The first-order valence-corrected chi connectivity index (χ1v) is 5.56. The summed E-state index contributed by atoms with van der Waals surface area (Å²) >= 11 is 0. The van der Waals surface area contributed by atoms with E-state index in [0.717, 1.165) is 0 Å². The predicted octanol–water partition coefficient (Wildman–Crippen LogP) is 0.131. The SMILES string of the molecule is O=C(O)CCC(=O)NC1CCN(CC(F)(F)F)C1=O. The first-order chi connectivity index (χ1) is 8.69. The van der Waals surface area contributed by atoms with Crippen molar-refractivity contribution in [3.63, 3.8) is 0 Å². The van der Waals surface area contributed by atoms with E-state index in [4.69, 9.17) is 5.11 Å². The Labute approximate surface area is 106 Å². The molecule has 0 aromatic carbocycles. The van der Waals surface area contributed by atoms with E-state index in [2.05, 4.69) is 5.32 Å². The third-order valence-corrected chi connectivity index (χ3v) is 2.57. The molecule has 1 aliphatic rings. The van der Waals surface area contributed by atoms with Crippen LogP contribution in [0.25, 0.3) is 0 Å². The van der Waals surface area contributed by atoms with E-state index in [1.165, 1.54) is 0 Å². The Morgan fingerprint density at radius 2 is 2.00 bits per heavy atom. The van der Waals surface area contributed by atoms with Crippen LogP contribution in [0, 0.1) is 0 Å².